The van der Waals surface area contributed by atoms with Crippen molar-refractivity contribution < 1.29 is 82.5 Å². The molecule has 0 unspecified atom stereocenters. The molecule has 5 radical (unpaired) electrons. The second-order valence-electron chi connectivity index (χ2n) is 26.2. The van der Waals surface area contributed by atoms with Crippen LogP contribution in [0, 0.1) is 105 Å². The quantitative estimate of drug-likeness (QED) is 0.0567. The van der Waals surface area contributed by atoms with Crippen LogP contribution in [0.4, 0.5) is 0 Å². The Labute approximate surface area is 788 Å². The van der Waals surface area contributed by atoms with E-state index in [0.717, 1.165) is 124 Å². The van der Waals surface area contributed by atoms with Crippen molar-refractivity contribution in [3.8, 4) is 113 Å². The van der Waals surface area contributed by atoms with Crippen LogP contribution in [-0.2, 0) is 87.9 Å². The number of hydrogen-bond donors (Lipinski definition) is 0. The summed E-state index contributed by atoms with van der Waals surface area (Å²) in [5.41, 5.74) is 23.2. The third-order valence-electron chi connectivity index (χ3n) is 16.6. The first kappa shape index (κ1) is 104. The molecule has 15 heteroatoms. The number of pyridine rings is 7. The molecule has 11 aromatic carbocycles. The molecule has 0 saturated carbocycles. The Morgan fingerprint density at radius 1 is 0.258 bits per heavy atom. The molecule has 9 nitrogen and oxygen atoms in total. The van der Waals surface area contributed by atoms with Crippen LogP contribution in [0.15, 0.2) is 395 Å². The minimum absolute atomic E-state index is 0. The summed E-state index contributed by atoms with van der Waals surface area (Å²) in [5.74, 6) is 0. The summed E-state index contributed by atoms with van der Waals surface area (Å²) >= 11 is 3.70. The van der Waals surface area contributed by atoms with E-state index in [9.17, 15) is 0 Å². The normalized spacial score (nSPS) is 9.41. The van der Waals surface area contributed by atoms with Gasteiger partial charge in [0, 0.05) is 0 Å². The van der Waals surface area contributed by atoms with Crippen LogP contribution in [-0.4, -0.2) is 40.0 Å². The molecule has 0 saturated heterocycles. The molecule has 7 aromatic heterocycles. The average molecular weight is 1840 g/mol. The van der Waals surface area contributed by atoms with E-state index in [-0.39, 0.29) is 87.9 Å². The molecular formula is C109H80N9Ni5S. The van der Waals surface area contributed by atoms with Crippen molar-refractivity contribution in [1.29, 1.82) is 5.26 Å². The molecule has 18 aromatic rings. The van der Waals surface area contributed by atoms with Gasteiger partial charge in [-0.1, -0.05) is 162 Å². The first-order valence-electron chi connectivity index (χ1n) is 37.8. The van der Waals surface area contributed by atoms with Gasteiger partial charge in [-0.3, -0.25) is 0 Å². The summed E-state index contributed by atoms with van der Waals surface area (Å²) < 4.78 is 0. The van der Waals surface area contributed by atoms with Gasteiger partial charge >= 0.3 is 82.5 Å². The summed E-state index contributed by atoms with van der Waals surface area (Å²) in [6, 6.07) is 165. The minimum atomic E-state index is 0. The molecule has 7 heterocycles. The maximum atomic E-state index is 7.13. The maximum Gasteiger partial charge on any atom is 3.00 e. The van der Waals surface area contributed by atoms with Crippen LogP contribution in [0.25, 0.3) is 118 Å². The number of nitrogens with zero attached hydrogens (tertiary/aromatic N) is 9. The van der Waals surface area contributed by atoms with Gasteiger partial charge in [-0.2, -0.15) is 77.5 Å². The van der Waals surface area contributed by atoms with E-state index in [1.807, 2.05) is 372 Å². The standard InChI is InChI=1S/5C17H11N.C10H13.C7H8N.C5H4N.CNS.CN.5Ni/c5*1-3-8-14(9-4-1)16-12-7-13-17(18-16)15-10-5-2-6-11-15;1-10(2,3)9-7-5-4-6-8-9;1-6-4-3-5-7(2)8-6;1-2-4-6-5-3-1;2-1-3;1-2;;;;;/h5*1-8,10,12-13H;5-8H,1-3H3;4-5H,1-2H3;2-5H;;;;;;;/q5*-2;5*-1;5*+3. The van der Waals surface area contributed by atoms with Crippen molar-refractivity contribution in [2.75, 3.05) is 0 Å². The second-order valence-corrected chi connectivity index (χ2v) is 26.4. The molecule has 0 N–H and O–H groups in total. The smallest absolute Gasteiger partial charge is 0.753 e. The van der Waals surface area contributed by atoms with Crippen LogP contribution >= 0.6 is 12.2 Å². The molecular weight excluding hydrogens is 1760 g/mol. The second kappa shape index (κ2) is 59.9. The predicted octanol–water partition coefficient (Wildman–Crippen LogP) is 26.0. The number of aryl methyl sites for hydroxylation is 2. The first-order chi connectivity index (χ1) is 58.5. The summed E-state index contributed by atoms with van der Waals surface area (Å²) in [5, 5.41) is 14.7. The fourth-order valence-electron chi connectivity index (χ4n) is 11.0. The predicted molar refractivity (Wildman–Crippen MR) is 484 cm³/mol. The zero-order chi connectivity index (χ0) is 83.6. The Morgan fingerprint density at radius 3 is 0.548 bits per heavy atom. The number of hydrogen-bond acceptors (Lipinski definition) is 9. The Hall–Kier alpha value is -12.8. The Kier molecular flexibility index (Phi) is 50.0. The number of benzene rings is 11. The van der Waals surface area contributed by atoms with E-state index in [0.29, 0.717) is 0 Å². The van der Waals surface area contributed by atoms with Crippen molar-refractivity contribution >= 4 is 17.4 Å². The van der Waals surface area contributed by atoms with E-state index >= 15 is 0 Å². The summed E-state index contributed by atoms with van der Waals surface area (Å²) in [7, 11) is 0. The molecule has 0 amide bonds. The number of isothiocyanates is 1. The SMILES string of the molecule is CC(C)(C)c1cc[c-]cc1.Cc1c[c-]cc(C)n1.[C-]#N.[N-]=C=S.[Ni+3].[Ni+3].[Ni+3].[Ni+3].[Ni+3].[c-]1ccccc1-c1cccc(-c2[c-]cccc2)n1.[c-]1ccccc1-c1cccc(-c2[c-]cccc2)n1.[c-]1ccccc1-c1cccc(-c2[c-]cccc2)n1.[c-]1ccccc1-c1cccc(-c2[c-]cccc2)n1.[c-]1ccccc1-c1cccc(-c2[c-]cccc2)n1.[c-]1ccncc1. The summed E-state index contributed by atoms with van der Waals surface area (Å²) in [6.45, 7) is 15.3. The molecule has 124 heavy (non-hydrogen) atoms. The van der Waals surface area contributed by atoms with Crippen LogP contribution in [0.3, 0.4) is 0 Å². The van der Waals surface area contributed by atoms with Gasteiger partial charge in [0.15, 0.2) is 0 Å². The monoisotopic (exact) mass is 1840 g/mol. The van der Waals surface area contributed by atoms with E-state index < -0.39 is 0 Å². The van der Waals surface area contributed by atoms with Gasteiger partial charge in [-0.25, -0.2) is 0 Å². The van der Waals surface area contributed by atoms with E-state index in [2.05, 4.69) is 159 Å². The van der Waals surface area contributed by atoms with Crippen molar-refractivity contribution in [3.05, 3.63) is 502 Å². The molecule has 0 spiro atoms. The van der Waals surface area contributed by atoms with Gasteiger partial charge in [-0.15, -0.1) is 359 Å². The fraction of sp³-hybridized carbons (Fsp3) is 0.0550. The van der Waals surface area contributed by atoms with E-state index in [1.54, 1.807) is 24.5 Å². The fourth-order valence-corrected chi connectivity index (χ4v) is 11.0. The number of aromatic nitrogens is 7. The van der Waals surface area contributed by atoms with E-state index in [1.165, 1.54) is 10.7 Å². The van der Waals surface area contributed by atoms with Crippen molar-refractivity contribution in [3.63, 3.8) is 0 Å². The van der Waals surface area contributed by atoms with Crippen molar-refractivity contribution in [1.82, 2.24) is 34.9 Å². The molecule has 0 aliphatic carbocycles. The molecule has 18 rings (SSSR count). The van der Waals surface area contributed by atoms with Gasteiger partial charge in [0.05, 0.1) is 0 Å². The Morgan fingerprint density at radius 2 is 0.435 bits per heavy atom. The Bertz CT molecular complexity index is 4880. The van der Waals surface area contributed by atoms with Gasteiger partial charge < -0.3 is 52.1 Å². The molecule has 617 valence electrons. The maximum absolute atomic E-state index is 7.13. The van der Waals surface area contributed by atoms with Crippen molar-refractivity contribution in [2.45, 2.75) is 40.0 Å². The van der Waals surface area contributed by atoms with Crippen LogP contribution in [0.5, 0.6) is 0 Å². The molecule has 0 fully saturated rings. The molecule has 0 atom stereocenters. The van der Waals surface area contributed by atoms with E-state index in [4.69, 9.17) is 17.2 Å². The van der Waals surface area contributed by atoms with Crippen LogP contribution in [0.1, 0.15) is 37.7 Å². The first-order valence-corrected chi connectivity index (χ1v) is 38.2. The molecule has 0 aliphatic rings. The third kappa shape index (κ3) is 36.5. The zero-order valence-corrected chi connectivity index (χ0v) is 73.8. The minimum Gasteiger partial charge on any atom is -0.753 e. The van der Waals surface area contributed by atoms with Crippen LogP contribution in [0.2, 0.25) is 0 Å². The Balaban J connectivity index is 0.000000299. The molecule has 0 bridgehead atoms. The van der Waals surface area contributed by atoms with Gasteiger partial charge in [0.25, 0.3) is 0 Å². The van der Waals surface area contributed by atoms with Gasteiger partial charge in [-0.05, 0) is 62.4 Å². The van der Waals surface area contributed by atoms with Crippen molar-refractivity contribution in [2.24, 2.45) is 0 Å². The average Bonchev–Trinajstić information content (AvgIpc) is 0.865. The van der Waals surface area contributed by atoms with Crippen LogP contribution < -0.4 is 0 Å². The summed E-state index contributed by atoms with van der Waals surface area (Å²) in [6.07, 6.45) is 3.39. The topological polar surface area (TPSA) is 136 Å². The van der Waals surface area contributed by atoms with Gasteiger partial charge in [0.2, 0.25) is 0 Å². The zero-order valence-electron chi connectivity index (χ0n) is 68.0. The summed E-state index contributed by atoms with van der Waals surface area (Å²) in [4.78, 5) is 31.1. The third-order valence-corrected chi connectivity index (χ3v) is 16.6. The number of thiocarbonyl (C=S) groups is 1. The molecule has 0 aliphatic heterocycles. The number of rotatable bonds is 10. The largest absolute Gasteiger partial charge is 3.00 e. The van der Waals surface area contributed by atoms with Gasteiger partial charge in [0.1, 0.15) is 0 Å².